The van der Waals surface area contributed by atoms with Gasteiger partial charge in [0.05, 0.1) is 17.1 Å². The molecule has 2 heterocycles. The predicted octanol–water partition coefficient (Wildman–Crippen LogP) is 3.78. The summed E-state index contributed by atoms with van der Waals surface area (Å²) in [6.07, 6.45) is 2.54. The van der Waals surface area contributed by atoms with Crippen LogP contribution in [0.3, 0.4) is 0 Å². The Balaban J connectivity index is 1.38. The zero-order valence-electron chi connectivity index (χ0n) is 20.4. The van der Waals surface area contributed by atoms with E-state index in [-0.39, 0.29) is 5.92 Å². The van der Waals surface area contributed by atoms with Gasteiger partial charge >= 0.3 is 0 Å². The second kappa shape index (κ2) is 11.0. The summed E-state index contributed by atoms with van der Waals surface area (Å²) in [5.41, 5.74) is 13.5. The molecule has 0 radical (unpaired) electrons. The van der Waals surface area contributed by atoms with Crippen molar-refractivity contribution >= 4 is 11.7 Å². The molecule has 1 aliphatic heterocycles. The maximum absolute atomic E-state index is 6.04. The van der Waals surface area contributed by atoms with E-state index >= 15 is 0 Å². The molecule has 1 unspecified atom stereocenters. The number of hydrogen-bond acceptors (Lipinski definition) is 7. The van der Waals surface area contributed by atoms with Gasteiger partial charge in [-0.05, 0) is 42.4 Å². The average Bonchev–Trinajstić information content (AvgIpc) is 2.89. The Labute approximate surface area is 207 Å². The summed E-state index contributed by atoms with van der Waals surface area (Å²) in [6.45, 7) is 7.94. The molecule has 3 N–H and O–H groups in total. The number of oxime groups is 1. The van der Waals surface area contributed by atoms with Crippen LogP contribution in [-0.2, 0) is 11.3 Å². The van der Waals surface area contributed by atoms with Crippen LogP contribution in [0.1, 0.15) is 41.3 Å². The van der Waals surface area contributed by atoms with E-state index < -0.39 is 0 Å². The number of nitrogens with zero attached hydrogens (tertiary/aromatic N) is 4. The molecule has 0 amide bonds. The third-order valence-corrected chi connectivity index (χ3v) is 6.93. The molecular weight excluding hydrogens is 436 g/mol. The van der Waals surface area contributed by atoms with Crippen LogP contribution in [0.2, 0.25) is 0 Å². The molecule has 1 atom stereocenters. The van der Waals surface area contributed by atoms with Crippen LogP contribution >= 0.6 is 0 Å². The smallest absolute Gasteiger partial charge is 0.220 e. The number of fused-ring (bicyclic) bond motifs is 1. The molecule has 5 rings (SSSR count). The first-order valence-electron chi connectivity index (χ1n) is 12.6. The normalized spacial score (nSPS) is 19.5. The third kappa shape index (κ3) is 5.52. The number of piperazine rings is 1. The molecule has 1 fully saturated rings. The topological polar surface area (TPSA) is 88.7 Å². The molecule has 1 saturated heterocycles. The first-order chi connectivity index (χ1) is 17.2. The highest BCUT2D eigenvalue weighted by Crippen LogP contribution is 2.38. The standard InChI is InChI=1S/C28H34N6O/c1-20-27-25(32-28(29)31-20)18-22(24-11-6-5-10-23(24)21-8-3-2-4-9-21)19-26(27)33-35-17-7-14-34-15-12-30-13-16-34/h2-6,8-11,22,30H,7,12-19H2,1H3,(H2,29,31,32). The van der Waals surface area contributed by atoms with Crippen LogP contribution in [0, 0.1) is 6.92 Å². The third-order valence-electron chi connectivity index (χ3n) is 6.93. The van der Waals surface area contributed by atoms with Crippen molar-refractivity contribution in [1.29, 1.82) is 0 Å². The predicted molar refractivity (Wildman–Crippen MR) is 141 cm³/mol. The van der Waals surface area contributed by atoms with Crippen LogP contribution < -0.4 is 11.1 Å². The zero-order chi connectivity index (χ0) is 24.0. The van der Waals surface area contributed by atoms with Crippen LogP contribution in [-0.4, -0.2) is 59.9 Å². The number of aromatic nitrogens is 2. The largest absolute Gasteiger partial charge is 0.396 e. The van der Waals surface area contributed by atoms with Crippen molar-refractivity contribution < 1.29 is 4.84 Å². The van der Waals surface area contributed by atoms with Gasteiger partial charge in [0.1, 0.15) is 6.61 Å². The van der Waals surface area contributed by atoms with Crippen molar-refractivity contribution in [2.75, 3.05) is 45.1 Å². The highest BCUT2D eigenvalue weighted by Gasteiger charge is 2.30. The Hall–Kier alpha value is -3.29. The molecule has 2 aromatic carbocycles. The molecule has 1 aliphatic carbocycles. The van der Waals surface area contributed by atoms with E-state index in [1.54, 1.807) is 0 Å². The van der Waals surface area contributed by atoms with Crippen molar-refractivity contribution in [1.82, 2.24) is 20.2 Å². The quantitative estimate of drug-likeness (QED) is 0.404. The Bertz CT molecular complexity index is 1170. The van der Waals surface area contributed by atoms with E-state index in [2.05, 4.69) is 79.9 Å². The van der Waals surface area contributed by atoms with Crippen LogP contribution in [0.15, 0.2) is 59.8 Å². The Kier molecular flexibility index (Phi) is 7.35. The van der Waals surface area contributed by atoms with Gasteiger partial charge in [-0.25, -0.2) is 9.97 Å². The Morgan fingerprint density at radius 1 is 1.03 bits per heavy atom. The number of hydrogen-bond donors (Lipinski definition) is 2. The fourth-order valence-corrected chi connectivity index (χ4v) is 5.27. The molecule has 0 saturated carbocycles. The van der Waals surface area contributed by atoms with Gasteiger partial charge in [-0.15, -0.1) is 0 Å². The highest BCUT2D eigenvalue weighted by atomic mass is 16.6. The number of nitrogens with two attached hydrogens (primary N) is 1. The average molecular weight is 471 g/mol. The SMILES string of the molecule is Cc1nc(N)nc2c1C(=NOCCCN1CCNCC1)CC(c1ccccc1-c1ccccc1)C2. The zero-order valence-corrected chi connectivity index (χ0v) is 20.4. The van der Waals surface area contributed by atoms with E-state index in [0.717, 1.165) is 74.6 Å². The van der Waals surface area contributed by atoms with E-state index in [0.29, 0.717) is 12.6 Å². The second-order valence-electron chi connectivity index (χ2n) is 9.36. The molecule has 0 bridgehead atoms. The minimum absolute atomic E-state index is 0.232. The summed E-state index contributed by atoms with van der Waals surface area (Å²) >= 11 is 0. The number of aryl methyl sites for hydroxylation is 1. The summed E-state index contributed by atoms with van der Waals surface area (Å²) in [5.74, 6) is 0.547. The minimum atomic E-state index is 0.232. The van der Waals surface area contributed by atoms with Crippen LogP contribution in [0.4, 0.5) is 5.95 Å². The molecule has 0 spiro atoms. The van der Waals surface area contributed by atoms with E-state index in [1.807, 2.05) is 6.92 Å². The van der Waals surface area contributed by atoms with Gasteiger partial charge in [-0.1, -0.05) is 59.8 Å². The molecule has 35 heavy (non-hydrogen) atoms. The lowest BCUT2D eigenvalue weighted by molar-refractivity contribution is 0.125. The molecule has 7 nitrogen and oxygen atoms in total. The number of anilines is 1. The van der Waals surface area contributed by atoms with Crippen molar-refractivity contribution in [3.05, 3.63) is 77.1 Å². The van der Waals surface area contributed by atoms with Crippen molar-refractivity contribution in [3.63, 3.8) is 0 Å². The lowest BCUT2D eigenvalue weighted by Crippen LogP contribution is -2.43. The van der Waals surface area contributed by atoms with Gasteiger partial charge in [0.15, 0.2) is 0 Å². The summed E-state index contributed by atoms with van der Waals surface area (Å²) < 4.78 is 0. The lowest BCUT2D eigenvalue weighted by atomic mass is 9.78. The second-order valence-corrected chi connectivity index (χ2v) is 9.36. The summed E-state index contributed by atoms with van der Waals surface area (Å²) in [6, 6.07) is 19.2. The number of benzene rings is 2. The van der Waals surface area contributed by atoms with Gasteiger partial charge in [-0.3, -0.25) is 0 Å². The van der Waals surface area contributed by atoms with Gasteiger partial charge < -0.3 is 20.8 Å². The van der Waals surface area contributed by atoms with Gasteiger partial charge in [-0.2, -0.15) is 0 Å². The van der Waals surface area contributed by atoms with Crippen molar-refractivity contribution in [2.24, 2.45) is 5.16 Å². The summed E-state index contributed by atoms with van der Waals surface area (Å²) in [5, 5.41) is 8.04. The van der Waals surface area contributed by atoms with E-state index in [4.69, 9.17) is 10.6 Å². The fourth-order valence-electron chi connectivity index (χ4n) is 5.27. The van der Waals surface area contributed by atoms with E-state index in [1.165, 1.54) is 16.7 Å². The Morgan fingerprint density at radius 3 is 2.63 bits per heavy atom. The molecule has 2 aliphatic rings. The monoisotopic (exact) mass is 470 g/mol. The molecule has 7 heteroatoms. The first-order valence-corrected chi connectivity index (χ1v) is 12.6. The van der Waals surface area contributed by atoms with Crippen LogP contribution in [0.25, 0.3) is 11.1 Å². The number of rotatable bonds is 7. The molecule has 182 valence electrons. The maximum Gasteiger partial charge on any atom is 0.220 e. The van der Waals surface area contributed by atoms with Gasteiger partial charge in [0.2, 0.25) is 5.95 Å². The molecule has 3 aromatic rings. The summed E-state index contributed by atoms with van der Waals surface area (Å²) in [7, 11) is 0. The number of nitrogens with one attached hydrogen (secondary N) is 1. The maximum atomic E-state index is 6.04. The van der Waals surface area contributed by atoms with Crippen molar-refractivity contribution in [3.8, 4) is 11.1 Å². The van der Waals surface area contributed by atoms with Crippen LogP contribution in [0.5, 0.6) is 0 Å². The minimum Gasteiger partial charge on any atom is -0.396 e. The van der Waals surface area contributed by atoms with Gasteiger partial charge in [0.25, 0.3) is 0 Å². The summed E-state index contributed by atoms with van der Waals surface area (Å²) in [4.78, 5) is 17.4. The molecule has 1 aromatic heterocycles. The van der Waals surface area contributed by atoms with Crippen molar-refractivity contribution in [2.45, 2.75) is 32.1 Å². The molecular formula is C28H34N6O. The van der Waals surface area contributed by atoms with Gasteiger partial charge in [0, 0.05) is 44.7 Å². The number of nitrogen functional groups attached to an aromatic ring is 1. The Morgan fingerprint density at radius 2 is 1.80 bits per heavy atom. The van der Waals surface area contributed by atoms with E-state index in [9.17, 15) is 0 Å². The highest BCUT2D eigenvalue weighted by molar-refractivity contribution is 6.03. The fraction of sp³-hybridized carbons (Fsp3) is 0.393. The first kappa shape index (κ1) is 23.5. The lowest BCUT2D eigenvalue weighted by Gasteiger charge is -2.28.